The molecule has 0 saturated carbocycles. The molecule has 4 rings (SSSR count). The number of thiophene rings is 1. The summed E-state index contributed by atoms with van der Waals surface area (Å²) in [5, 5.41) is 3.73. The number of hydrogen-bond donors (Lipinski definition) is 0. The number of fused-ring (bicyclic) bond motifs is 1. The van der Waals surface area contributed by atoms with Gasteiger partial charge in [-0.15, -0.1) is 11.3 Å². The van der Waals surface area contributed by atoms with Gasteiger partial charge in [-0.1, -0.05) is 30.3 Å². The number of likely N-dealkylation sites (tertiary alicyclic amines) is 1. The Balaban J connectivity index is 1.69. The molecule has 3 atom stereocenters. The molecule has 23 heavy (non-hydrogen) atoms. The molecule has 2 saturated heterocycles. The molecule has 0 spiro atoms. The summed E-state index contributed by atoms with van der Waals surface area (Å²) in [5.41, 5.74) is 2.26. The Kier molecular flexibility index (Phi) is 3.33. The maximum Gasteiger partial charge on any atom is 0.261 e. The highest BCUT2D eigenvalue weighted by Gasteiger charge is 2.58. The van der Waals surface area contributed by atoms with Gasteiger partial charge in [0.15, 0.2) is 6.10 Å². The molecular formula is C17H16N2O3S. The number of hydroxylamine groups is 2. The molecule has 3 heterocycles. The van der Waals surface area contributed by atoms with Crippen molar-refractivity contribution in [3.63, 3.8) is 0 Å². The fourth-order valence-electron chi connectivity index (χ4n) is 3.33. The predicted molar refractivity (Wildman–Crippen MR) is 86.4 cm³/mol. The normalized spacial score (nSPS) is 27.7. The number of benzene rings is 1. The Hall–Kier alpha value is -2.02. The molecule has 118 valence electrons. The van der Waals surface area contributed by atoms with Crippen LogP contribution in [0.2, 0.25) is 0 Å². The summed E-state index contributed by atoms with van der Waals surface area (Å²) in [4.78, 5) is 32.4. The van der Waals surface area contributed by atoms with Gasteiger partial charge in [0, 0.05) is 19.0 Å². The van der Waals surface area contributed by atoms with Crippen molar-refractivity contribution in [2.45, 2.75) is 12.1 Å². The van der Waals surface area contributed by atoms with Crippen molar-refractivity contribution in [2.75, 3.05) is 14.1 Å². The van der Waals surface area contributed by atoms with Gasteiger partial charge in [-0.3, -0.25) is 19.3 Å². The van der Waals surface area contributed by atoms with E-state index >= 15 is 0 Å². The lowest BCUT2D eigenvalue weighted by molar-refractivity contribution is -0.168. The first kappa shape index (κ1) is 14.6. The van der Waals surface area contributed by atoms with Gasteiger partial charge in [-0.05, 0) is 22.6 Å². The lowest BCUT2D eigenvalue weighted by atomic mass is 9.95. The lowest BCUT2D eigenvalue weighted by Crippen LogP contribution is -2.33. The van der Waals surface area contributed by atoms with Crippen LogP contribution in [0.5, 0.6) is 0 Å². The van der Waals surface area contributed by atoms with E-state index in [4.69, 9.17) is 4.84 Å². The number of carbonyl (C=O) groups is 2. The number of hydrogen-bond acceptors (Lipinski definition) is 5. The molecule has 1 aromatic carbocycles. The molecular weight excluding hydrogens is 312 g/mol. The molecule has 0 aliphatic carbocycles. The molecule has 2 aliphatic rings. The third kappa shape index (κ3) is 2.14. The molecule has 5 nitrogen and oxygen atoms in total. The fourth-order valence-corrected chi connectivity index (χ4v) is 4.43. The maximum absolute atomic E-state index is 12.4. The second kappa shape index (κ2) is 5.26. The van der Waals surface area contributed by atoms with Crippen molar-refractivity contribution in [3.05, 3.63) is 46.7 Å². The summed E-state index contributed by atoms with van der Waals surface area (Å²) in [5.74, 6) is -0.877. The van der Waals surface area contributed by atoms with Crippen LogP contribution in [0.15, 0.2) is 41.8 Å². The van der Waals surface area contributed by atoms with Gasteiger partial charge in [-0.25, -0.2) is 0 Å². The van der Waals surface area contributed by atoms with Crippen LogP contribution < -0.4 is 0 Å². The number of rotatable bonds is 2. The van der Waals surface area contributed by atoms with Gasteiger partial charge in [0.05, 0.1) is 12.0 Å². The third-order valence-corrected chi connectivity index (χ3v) is 5.55. The average molecular weight is 328 g/mol. The van der Waals surface area contributed by atoms with Crippen molar-refractivity contribution >= 4 is 23.2 Å². The maximum atomic E-state index is 12.4. The minimum Gasteiger partial charge on any atom is -0.284 e. The smallest absolute Gasteiger partial charge is 0.261 e. The Morgan fingerprint density at radius 1 is 1.04 bits per heavy atom. The standard InChI is InChI=1S/C17H16N2O3S/c1-18-16(20)13-14(19(2)22-15(13)17(18)21)12-8-11(9-23-12)10-6-4-3-5-7-10/h3-9,13-15H,1-2H3/t13-,14-,15+/m1/s1. The largest absolute Gasteiger partial charge is 0.284 e. The highest BCUT2D eigenvalue weighted by molar-refractivity contribution is 7.10. The predicted octanol–water partition coefficient (Wildman–Crippen LogP) is 2.32. The molecule has 0 bridgehead atoms. The van der Waals surface area contributed by atoms with Gasteiger partial charge < -0.3 is 0 Å². The minimum absolute atomic E-state index is 0.163. The van der Waals surface area contributed by atoms with Gasteiger partial charge in [0.1, 0.15) is 0 Å². The number of carbonyl (C=O) groups excluding carboxylic acids is 2. The molecule has 0 N–H and O–H groups in total. The van der Waals surface area contributed by atoms with E-state index in [0.29, 0.717) is 0 Å². The van der Waals surface area contributed by atoms with Crippen molar-refractivity contribution in [3.8, 4) is 11.1 Å². The Morgan fingerprint density at radius 3 is 2.52 bits per heavy atom. The summed E-state index contributed by atoms with van der Waals surface area (Å²) in [6.07, 6.45) is -0.690. The van der Waals surface area contributed by atoms with Crippen LogP contribution in [0.4, 0.5) is 0 Å². The van der Waals surface area contributed by atoms with Crippen molar-refractivity contribution in [1.82, 2.24) is 9.96 Å². The Labute approximate surface area is 138 Å². The van der Waals surface area contributed by atoms with E-state index in [1.165, 1.54) is 11.9 Å². The quantitative estimate of drug-likeness (QED) is 0.794. The zero-order valence-corrected chi connectivity index (χ0v) is 13.6. The molecule has 6 heteroatoms. The topological polar surface area (TPSA) is 49.9 Å². The molecule has 0 unspecified atom stereocenters. The molecule has 0 radical (unpaired) electrons. The summed E-state index contributed by atoms with van der Waals surface area (Å²) < 4.78 is 0. The minimum atomic E-state index is -0.690. The van der Waals surface area contributed by atoms with Crippen LogP contribution in [0.1, 0.15) is 10.9 Å². The fraction of sp³-hybridized carbons (Fsp3) is 0.294. The van der Waals surface area contributed by atoms with Crippen LogP contribution in [0, 0.1) is 5.92 Å². The van der Waals surface area contributed by atoms with Gasteiger partial charge >= 0.3 is 0 Å². The molecule has 2 aliphatic heterocycles. The zero-order valence-electron chi connectivity index (χ0n) is 12.8. The highest BCUT2D eigenvalue weighted by atomic mass is 32.1. The van der Waals surface area contributed by atoms with Crippen LogP contribution in [-0.2, 0) is 14.4 Å². The van der Waals surface area contributed by atoms with E-state index in [9.17, 15) is 9.59 Å². The Morgan fingerprint density at radius 2 is 1.78 bits per heavy atom. The SMILES string of the molecule is CN1C(=O)[C@H]2[C@H](ON(C)[C@@H]2c2cc(-c3ccccc3)cs2)C1=O. The van der Waals surface area contributed by atoms with Crippen molar-refractivity contribution in [1.29, 1.82) is 0 Å². The Bertz CT molecular complexity index is 773. The van der Waals surface area contributed by atoms with E-state index in [1.54, 1.807) is 23.4 Å². The first-order valence-corrected chi connectivity index (χ1v) is 8.31. The number of amides is 2. The average Bonchev–Trinajstić information content (AvgIpc) is 3.22. The van der Waals surface area contributed by atoms with Crippen LogP contribution >= 0.6 is 11.3 Å². The van der Waals surface area contributed by atoms with Crippen LogP contribution in [-0.4, -0.2) is 42.0 Å². The number of nitrogens with zero attached hydrogens (tertiary/aromatic N) is 2. The van der Waals surface area contributed by atoms with Gasteiger partial charge in [0.2, 0.25) is 5.91 Å². The van der Waals surface area contributed by atoms with E-state index < -0.39 is 12.0 Å². The highest BCUT2D eigenvalue weighted by Crippen LogP contribution is 2.45. The summed E-state index contributed by atoms with van der Waals surface area (Å²) in [6, 6.07) is 12.0. The summed E-state index contributed by atoms with van der Waals surface area (Å²) in [7, 11) is 3.30. The van der Waals surface area contributed by atoms with Crippen LogP contribution in [0.3, 0.4) is 0 Å². The first-order valence-electron chi connectivity index (χ1n) is 7.43. The van der Waals surface area contributed by atoms with E-state index in [1.807, 2.05) is 18.2 Å². The van der Waals surface area contributed by atoms with Crippen molar-refractivity contribution < 1.29 is 14.4 Å². The second-order valence-corrected chi connectivity index (χ2v) is 6.82. The summed E-state index contributed by atoms with van der Waals surface area (Å²) in [6.45, 7) is 0. The molecule has 2 aromatic rings. The second-order valence-electron chi connectivity index (χ2n) is 5.88. The number of likely N-dealkylation sites (N-methyl/N-ethyl adjacent to an activating group) is 1. The van der Waals surface area contributed by atoms with E-state index in [0.717, 1.165) is 16.0 Å². The van der Waals surface area contributed by atoms with Crippen LogP contribution in [0.25, 0.3) is 11.1 Å². The van der Waals surface area contributed by atoms with E-state index in [-0.39, 0.29) is 17.9 Å². The third-order valence-electron chi connectivity index (χ3n) is 4.55. The number of imide groups is 1. The van der Waals surface area contributed by atoms with E-state index in [2.05, 4.69) is 23.6 Å². The van der Waals surface area contributed by atoms with Gasteiger partial charge in [-0.2, -0.15) is 5.06 Å². The first-order chi connectivity index (χ1) is 11.1. The molecule has 2 fully saturated rings. The lowest BCUT2D eigenvalue weighted by Gasteiger charge is -2.21. The van der Waals surface area contributed by atoms with Crippen molar-refractivity contribution in [2.24, 2.45) is 5.92 Å². The van der Waals surface area contributed by atoms with Gasteiger partial charge in [0.25, 0.3) is 5.91 Å². The molecule has 2 amide bonds. The zero-order chi connectivity index (χ0) is 16.1. The molecule has 1 aromatic heterocycles. The monoisotopic (exact) mass is 328 g/mol. The summed E-state index contributed by atoms with van der Waals surface area (Å²) >= 11 is 1.60.